The zero-order valence-electron chi connectivity index (χ0n) is 19.0. The standard InChI is InChI=1S/C23H31N3O4S/c1-14(16-7-9-17(10-8-16)20-15(2)24-13-31-20)25-21(27)19-11-18(29-6)12-26(19)22(28)30-23(3,4)5/h7-10,13-14,18-19H,11-12H2,1-6H3,(H,25,27)/t14-,18+,19+/m0/s1. The normalized spacial score (nSPS) is 19.9. The third-order valence-electron chi connectivity index (χ3n) is 5.30. The number of nitrogens with one attached hydrogen (secondary N) is 1. The Hall–Kier alpha value is -2.45. The van der Waals surface area contributed by atoms with E-state index in [1.54, 1.807) is 18.4 Å². The van der Waals surface area contributed by atoms with Crippen molar-refractivity contribution in [2.24, 2.45) is 0 Å². The Morgan fingerprint density at radius 3 is 2.48 bits per heavy atom. The first-order valence-electron chi connectivity index (χ1n) is 10.4. The summed E-state index contributed by atoms with van der Waals surface area (Å²) in [6.07, 6.45) is -0.248. The van der Waals surface area contributed by atoms with E-state index in [2.05, 4.69) is 10.3 Å². The molecule has 7 nitrogen and oxygen atoms in total. The van der Waals surface area contributed by atoms with Gasteiger partial charge in [0.05, 0.1) is 34.8 Å². The highest BCUT2D eigenvalue weighted by molar-refractivity contribution is 7.13. The van der Waals surface area contributed by atoms with E-state index in [1.807, 2.05) is 64.4 Å². The molecule has 0 aliphatic carbocycles. The summed E-state index contributed by atoms with van der Waals surface area (Å²) < 4.78 is 10.9. The number of benzene rings is 1. The van der Waals surface area contributed by atoms with Crippen molar-refractivity contribution in [1.29, 1.82) is 0 Å². The maximum Gasteiger partial charge on any atom is 0.411 e. The summed E-state index contributed by atoms with van der Waals surface area (Å²) in [5.74, 6) is -0.208. The molecule has 1 aromatic carbocycles. The van der Waals surface area contributed by atoms with Gasteiger partial charge in [-0.15, -0.1) is 11.3 Å². The molecule has 168 valence electrons. The Bertz CT molecular complexity index is 920. The van der Waals surface area contributed by atoms with Crippen LogP contribution in [0.4, 0.5) is 4.79 Å². The Kier molecular flexibility index (Phi) is 7.01. The molecular formula is C23H31N3O4S. The number of likely N-dealkylation sites (tertiary alicyclic amines) is 1. The summed E-state index contributed by atoms with van der Waals surface area (Å²) in [5, 5.41) is 3.04. The van der Waals surface area contributed by atoms with Crippen LogP contribution in [0.2, 0.25) is 0 Å². The molecule has 1 fully saturated rings. The van der Waals surface area contributed by atoms with Crippen molar-refractivity contribution < 1.29 is 19.1 Å². The summed E-state index contributed by atoms with van der Waals surface area (Å²) in [6, 6.07) is 7.28. The summed E-state index contributed by atoms with van der Waals surface area (Å²) in [4.78, 5) is 32.6. The highest BCUT2D eigenvalue weighted by atomic mass is 32.1. The van der Waals surface area contributed by atoms with Gasteiger partial charge >= 0.3 is 6.09 Å². The number of aromatic nitrogens is 1. The van der Waals surface area contributed by atoms with Crippen LogP contribution in [0.15, 0.2) is 29.8 Å². The van der Waals surface area contributed by atoms with Crippen LogP contribution < -0.4 is 5.32 Å². The molecule has 1 aromatic heterocycles. The Morgan fingerprint density at radius 2 is 1.94 bits per heavy atom. The fourth-order valence-electron chi connectivity index (χ4n) is 3.63. The first-order chi connectivity index (χ1) is 14.6. The zero-order valence-corrected chi connectivity index (χ0v) is 19.8. The summed E-state index contributed by atoms with van der Waals surface area (Å²) >= 11 is 1.61. The molecule has 0 unspecified atom stereocenters. The highest BCUT2D eigenvalue weighted by Gasteiger charge is 2.42. The minimum Gasteiger partial charge on any atom is -0.444 e. The molecule has 2 heterocycles. The van der Waals surface area contributed by atoms with Gasteiger partial charge < -0.3 is 14.8 Å². The molecule has 1 aliphatic rings. The number of carbonyl (C=O) groups excluding carboxylic acids is 2. The lowest BCUT2D eigenvalue weighted by atomic mass is 10.0. The van der Waals surface area contributed by atoms with Gasteiger partial charge in [-0.2, -0.15) is 0 Å². The number of ether oxygens (including phenoxy) is 2. The van der Waals surface area contributed by atoms with E-state index in [0.717, 1.165) is 21.7 Å². The number of methoxy groups -OCH3 is 1. The average Bonchev–Trinajstić information content (AvgIpc) is 3.33. The van der Waals surface area contributed by atoms with Crippen LogP contribution in [0.25, 0.3) is 10.4 Å². The van der Waals surface area contributed by atoms with Crippen LogP contribution in [0.1, 0.15) is 51.4 Å². The number of carbonyl (C=O) groups is 2. The van der Waals surface area contributed by atoms with Crippen LogP contribution in [-0.2, 0) is 14.3 Å². The summed E-state index contributed by atoms with van der Waals surface area (Å²) in [5.41, 5.74) is 4.32. The predicted octanol–water partition coefficient (Wildman–Crippen LogP) is 4.32. The molecule has 3 atom stereocenters. The van der Waals surface area contributed by atoms with Crippen molar-refractivity contribution in [2.75, 3.05) is 13.7 Å². The molecule has 0 radical (unpaired) electrons. The molecule has 3 rings (SSSR count). The van der Waals surface area contributed by atoms with Crippen LogP contribution >= 0.6 is 11.3 Å². The topological polar surface area (TPSA) is 80.8 Å². The number of rotatable bonds is 5. The van der Waals surface area contributed by atoms with E-state index >= 15 is 0 Å². The van der Waals surface area contributed by atoms with Crippen molar-refractivity contribution in [3.63, 3.8) is 0 Å². The van der Waals surface area contributed by atoms with E-state index in [4.69, 9.17) is 9.47 Å². The number of amides is 2. The monoisotopic (exact) mass is 445 g/mol. The van der Waals surface area contributed by atoms with Crippen molar-refractivity contribution in [1.82, 2.24) is 15.2 Å². The molecule has 2 amide bonds. The SMILES string of the molecule is CO[C@@H]1C[C@H](C(=O)N[C@@H](C)c2ccc(-c3scnc3C)cc2)N(C(=O)OC(C)(C)C)C1. The quantitative estimate of drug-likeness (QED) is 0.741. The Morgan fingerprint density at radius 1 is 1.26 bits per heavy atom. The molecule has 0 bridgehead atoms. The van der Waals surface area contributed by atoms with E-state index in [-0.39, 0.29) is 18.1 Å². The van der Waals surface area contributed by atoms with Crippen LogP contribution in [0, 0.1) is 6.92 Å². The highest BCUT2D eigenvalue weighted by Crippen LogP contribution is 2.29. The largest absolute Gasteiger partial charge is 0.444 e. The molecule has 8 heteroatoms. The first-order valence-corrected chi connectivity index (χ1v) is 11.3. The molecule has 1 saturated heterocycles. The van der Waals surface area contributed by atoms with E-state index in [1.165, 1.54) is 4.90 Å². The number of nitrogens with zero attached hydrogens (tertiary/aromatic N) is 2. The molecule has 0 saturated carbocycles. The van der Waals surface area contributed by atoms with E-state index in [0.29, 0.717) is 13.0 Å². The zero-order chi connectivity index (χ0) is 22.8. The second kappa shape index (κ2) is 9.36. The van der Waals surface area contributed by atoms with Crippen LogP contribution in [0.5, 0.6) is 0 Å². The fourth-order valence-corrected chi connectivity index (χ4v) is 4.45. The van der Waals surface area contributed by atoms with Gasteiger partial charge in [-0.3, -0.25) is 9.69 Å². The fraction of sp³-hybridized carbons (Fsp3) is 0.522. The average molecular weight is 446 g/mol. The smallest absolute Gasteiger partial charge is 0.411 e. The number of aryl methyl sites for hydroxylation is 1. The lowest BCUT2D eigenvalue weighted by Gasteiger charge is -2.28. The predicted molar refractivity (Wildman–Crippen MR) is 121 cm³/mol. The van der Waals surface area contributed by atoms with Crippen LogP contribution in [0.3, 0.4) is 0 Å². The molecule has 1 aliphatic heterocycles. The van der Waals surface area contributed by atoms with Gasteiger partial charge in [0.25, 0.3) is 0 Å². The van der Waals surface area contributed by atoms with Gasteiger partial charge in [-0.25, -0.2) is 9.78 Å². The van der Waals surface area contributed by atoms with Crippen molar-refractivity contribution in [3.05, 3.63) is 41.0 Å². The Labute approximate surface area is 187 Å². The lowest BCUT2D eigenvalue weighted by molar-refractivity contribution is -0.126. The summed E-state index contributed by atoms with van der Waals surface area (Å²) in [7, 11) is 1.59. The molecule has 31 heavy (non-hydrogen) atoms. The Balaban J connectivity index is 1.68. The minimum atomic E-state index is -0.630. The number of hydrogen-bond donors (Lipinski definition) is 1. The third-order valence-corrected chi connectivity index (χ3v) is 6.28. The number of thiazole rings is 1. The maximum atomic E-state index is 13.0. The van der Waals surface area contributed by atoms with Gasteiger partial charge in [-0.05, 0) is 45.7 Å². The van der Waals surface area contributed by atoms with Crippen LogP contribution in [-0.4, -0.2) is 53.3 Å². The number of hydrogen-bond acceptors (Lipinski definition) is 6. The maximum absolute atomic E-state index is 13.0. The van der Waals surface area contributed by atoms with Crippen molar-refractivity contribution in [2.45, 2.75) is 64.8 Å². The van der Waals surface area contributed by atoms with Gasteiger partial charge in [-0.1, -0.05) is 24.3 Å². The van der Waals surface area contributed by atoms with Gasteiger partial charge in [0, 0.05) is 13.5 Å². The third kappa shape index (κ3) is 5.62. The molecule has 0 spiro atoms. The van der Waals surface area contributed by atoms with E-state index in [9.17, 15) is 9.59 Å². The second-order valence-corrected chi connectivity index (χ2v) is 9.72. The molecule has 1 N–H and O–H groups in total. The van der Waals surface area contributed by atoms with Crippen molar-refractivity contribution in [3.8, 4) is 10.4 Å². The molecule has 2 aromatic rings. The first kappa shape index (κ1) is 23.2. The summed E-state index contributed by atoms with van der Waals surface area (Å²) in [6.45, 7) is 9.69. The second-order valence-electron chi connectivity index (χ2n) is 8.86. The molecular weight excluding hydrogens is 414 g/mol. The van der Waals surface area contributed by atoms with Gasteiger partial charge in [0.2, 0.25) is 5.91 Å². The van der Waals surface area contributed by atoms with Gasteiger partial charge in [0.15, 0.2) is 0 Å². The minimum absolute atomic E-state index is 0.194. The lowest BCUT2D eigenvalue weighted by Crippen LogP contribution is -2.48. The van der Waals surface area contributed by atoms with Crippen molar-refractivity contribution >= 4 is 23.3 Å². The van der Waals surface area contributed by atoms with E-state index < -0.39 is 17.7 Å². The van der Waals surface area contributed by atoms with Gasteiger partial charge in [0.1, 0.15) is 11.6 Å².